The van der Waals surface area contributed by atoms with Gasteiger partial charge >= 0.3 is 5.97 Å². The molecule has 3 aromatic rings. The van der Waals surface area contributed by atoms with E-state index in [1.54, 1.807) is 30.3 Å². The molecule has 0 aliphatic heterocycles. The summed E-state index contributed by atoms with van der Waals surface area (Å²) in [5, 5.41) is 7.77. The molecule has 1 N–H and O–H groups in total. The van der Waals surface area contributed by atoms with Crippen molar-refractivity contribution in [1.82, 2.24) is 9.78 Å². The zero-order valence-electron chi connectivity index (χ0n) is 17.5. The Hall–Kier alpha value is -3.48. The number of fused-ring (bicyclic) bond motifs is 1. The van der Waals surface area contributed by atoms with Gasteiger partial charge in [0, 0.05) is 17.6 Å². The van der Waals surface area contributed by atoms with E-state index in [1.807, 2.05) is 39.0 Å². The van der Waals surface area contributed by atoms with Crippen LogP contribution in [0.5, 0.6) is 0 Å². The van der Waals surface area contributed by atoms with Gasteiger partial charge in [0.1, 0.15) is 0 Å². The van der Waals surface area contributed by atoms with E-state index in [0.29, 0.717) is 23.0 Å². The van der Waals surface area contributed by atoms with Crippen molar-refractivity contribution in [2.45, 2.75) is 40.3 Å². The van der Waals surface area contributed by atoms with Crippen LogP contribution >= 0.6 is 0 Å². The van der Waals surface area contributed by atoms with E-state index < -0.39 is 18.0 Å². The van der Waals surface area contributed by atoms with Crippen molar-refractivity contribution in [3.63, 3.8) is 0 Å². The Bertz CT molecular complexity index is 1150. The molecule has 1 unspecified atom stereocenters. The molecule has 156 valence electrons. The zero-order valence-corrected chi connectivity index (χ0v) is 17.5. The quantitative estimate of drug-likeness (QED) is 0.631. The molecule has 7 nitrogen and oxygen atoms in total. The molecule has 1 amide bonds. The number of aryl methyl sites for hydroxylation is 1. The molecule has 0 spiro atoms. The van der Waals surface area contributed by atoms with Crippen molar-refractivity contribution < 1.29 is 14.3 Å². The molecule has 3 rings (SSSR count). The average molecular weight is 407 g/mol. The van der Waals surface area contributed by atoms with Crippen LogP contribution in [0.2, 0.25) is 0 Å². The number of nitrogens with one attached hydrogen (secondary N) is 1. The molecule has 0 fully saturated rings. The normalized spacial score (nSPS) is 12.0. The monoisotopic (exact) mass is 407 g/mol. The number of aromatic nitrogens is 2. The minimum atomic E-state index is -1.04. The van der Waals surface area contributed by atoms with Crippen LogP contribution < -0.4 is 10.9 Å². The van der Waals surface area contributed by atoms with Gasteiger partial charge in [0.05, 0.1) is 5.39 Å². The van der Waals surface area contributed by atoms with E-state index in [4.69, 9.17) is 4.74 Å². The van der Waals surface area contributed by atoms with Crippen molar-refractivity contribution in [3.8, 4) is 0 Å². The van der Waals surface area contributed by atoms with Crippen LogP contribution in [-0.2, 0) is 16.1 Å². The molecule has 0 aliphatic carbocycles. The fourth-order valence-electron chi connectivity index (χ4n) is 3.09. The number of carbonyl (C=O) groups excluding carboxylic acids is 2. The van der Waals surface area contributed by atoms with E-state index in [2.05, 4.69) is 10.4 Å². The number of nitrogens with zero attached hydrogens (tertiary/aromatic N) is 2. The first kappa shape index (κ1) is 21.2. The van der Waals surface area contributed by atoms with Crippen LogP contribution in [0.4, 0.5) is 5.69 Å². The molecule has 30 heavy (non-hydrogen) atoms. The predicted octanol–water partition coefficient (Wildman–Crippen LogP) is 3.54. The minimum Gasteiger partial charge on any atom is -0.448 e. The summed E-state index contributed by atoms with van der Waals surface area (Å²) in [6, 6.07) is 14.1. The second-order valence-corrected chi connectivity index (χ2v) is 7.68. The van der Waals surface area contributed by atoms with Crippen molar-refractivity contribution in [3.05, 3.63) is 70.1 Å². The molecule has 1 heterocycles. The number of carbonyl (C=O) groups is 2. The fourth-order valence-corrected chi connectivity index (χ4v) is 3.09. The van der Waals surface area contributed by atoms with Gasteiger partial charge in [-0.05, 0) is 43.5 Å². The Labute approximate surface area is 174 Å². The first-order valence-electron chi connectivity index (χ1n) is 9.84. The average Bonchev–Trinajstić information content (AvgIpc) is 2.69. The molecule has 0 aliphatic rings. The Morgan fingerprint density at radius 2 is 1.77 bits per heavy atom. The molecule has 0 saturated heterocycles. The standard InChI is InChI=1S/C23H25N3O4/c1-14(2)13-26-22(28)19-11-6-5-10-18(19)20(25-26)23(29)30-16(4)21(27)24-17-9-7-8-15(3)12-17/h5-12,14,16H,13H2,1-4H3,(H,24,27). The molecule has 0 saturated carbocycles. The van der Waals surface area contributed by atoms with Gasteiger partial charge < -0.3 is 10.1 Å². The smallest absolute Gasteiger partial charge is 0.360 e. The summed E-state index contributed by atoms with van der Waals surface area (Å²) in [6.07, 6.45) is -1.04. The summed E-state index contributed by atoms with van der Waals surface area (Å²) in [6.45, 7) is 7.70. The van der Waals surface area contributed by atoms with Crippen LogP contribution in [0, 0.1) is 12.8 Å². The lowest BCUT2D eigenvalue weighted by Crippen LogP contribution is -2.32. The largest absolute Gasteiger partial charge is 0.448 e. The van der Waals surface area contributed by atoms with Crippen molar-refractivity contribution in [2.24, 2.45) is 5.92 Å². The summed E-state index contributed by atoms with van der Waals surface area (Å²) >= 11 is 0. The second kappa shape index (κ2) is 8.90. The van der Waals surface area contributed by atoms with E-state index in [-0.39, 0.29) is 17.2 Å². The lowest BCUT2D eigenvalue weighted by molar-refractivity contribution is -0.123. The molecular formula is C23H25N3O4. The van der Waals surface area contributed by atoms with Crippen molar-refractivity contribution in [2.75, 3.05) is 5.32 Å². The number of anilines is 1. The third kappa shape index (κ3) is 4.74. The predicted molar refractivity (Wildman–Crippen MR) is 116 cm³/mol. The van der Waals surface area contributed by atoms with Crippen LogP contribution in [0.3, 0.4) is 0 Å². The first-order chi connectivity index (χ1) is 14.3. The lowest BCUT2D eigenvalue weighted by Gasteiger charge is -2.15. The summed E-state index contributed by atoms with van der Waals surface area (Å²) < 4.78 is 6.66. The SMILES string of the molecule is Cc1cccc(NC(=O)C(C)OC(=O)c2nn(CC(C)C)c(=O)c3ccccc23)c1. The molecule has 1 atom stereocenters. The second-order valence-electron chi connectivity index (χ2n) is 7.68. The summed E-state index contributed by atoms with van der Waals surface area (Å²) in [4.78, 5) is 38.0. The molecule has 0 bridgehead atoms. The highest BCUT2D eigenvalue weighted by Crippen LogP contribution is 2.16. The van der Waals surface area contributed by atoms with Gasteiger partial charge in [-0.15, -0.1) is 0 Å². The highest BCUT2D eigenvalue weighted by Gasteiger charge is 2.23. The maximum absolute atomic E-state index is 12.8. The Morgan fingerprint density at radius 3 is 2.43 bits per heavy atom. The van der Waals surface area contributed by atoms with Gasteiger partial charge in [-0.2, -0.15) is 5.10 Å². The zero-order chi connectivity index (χ0) is 21.8. The van der Waals surface area contributed by atoms with E-state index in [0.717, 1.165) is 5.56 Å². The van der Waals surface area contributed by atoms with Gasteiger partial charge in [0.2, 0.25) is 0 Å². The number of ether oxygens (including phenoxy) is 1. The molecule has 2 aromatic carbocycles. The number of hydrogen-bond acceptors (Lipinski definition) is 5. The van der Waals surface area contributed by atoms with E-state index in [1.165, 1.54) is 11.6 Å². The van der Waals surface area contributed by atoms with Gasteiger partial charge in [-0.25, -0.2) is 9.48 Å². The van der Waals surface area contributed by atoms with Gasteiger partial charge in [0.25, 0.3) is 11.5 Å². The fraction of sp³-hybridized carbons (Fsp3) is 0.304. The van der Waals surface area contributed by atoms with Crippen molar-refractivity contribution >= 4 is 28.3 Å². The topological polar surface area (TPSA) is 90.3 Å². The molecule has 7 heteroatoms. The number of esters is 1. The lowest BCUT2D eigenvalue weighted by atomic mass is 10.1. The highest BCUT2D eigenvalue weighted by molar-refractivity contribution is 6.03. The summed E-state index contributed by atoms with van der Waals surface area (Å²) in [5.41, 5.74) is 1.37. The minimum absolute atomic E-state index is 0.0149. The number of hydrogen-bond donors (Lipinski definition) is 1. The van der Waals surface area contributed by atoms with Gasteiger partial charge in [-0.1, -0.05) is 44.2 Å². The summed E-state index contributed by atoms with van der Waals surface area (Å²) in [5.74, 6) is -1.04. The van der Waals surface area contributed by atoms with Crippen LogP contribution in [0.25, 0.3) is 10.8 Å². The third-order valence-electron chi connectivity index (χ3n) is 4.54. The van der Waals surface area contributed by atoms with Crippen LogP contribution in [0.1, 0.15) is 36.8 Å². The van der Waals surface area contributed by atoms with E-state index in [9.17, 15) is 14.4 Å². The Kier molecular flexibility index (Phi) is 6.30. The highest BCUT2D eigenvalue weighted by atomic mass is 16.5. The van der Waals surface area contributed by atoms with Gasteiger partial charge in [-0.3, -0.25) is 9.59 Å². The maximum Gasteiger partial charge on any atom is 0.360 e. The Balaban J connectivity index is 1.86. The van der Waals surface area contributed by atoms with Gasteiger partial charge in [0.15, 0.2) is 11.8 Å². The maximum atomic E-state index is 12.8. The van der Waals surface area contributed by atoms with Crippen molar-refractivity contribution in [1.29, 1.82) is 0 Å². The number of amides is 1. The number of rotatable bonds is 6. The van der Waals surface area contributed by atoms with Crippen LogP contribution in [-0.4, -0.2) is 27.8 Å². The Morgan fingerprint density at radius 1 is 1.07 bits per heavy atom. The third-order valence-corrected chi connectivity index (χ3v) is 4.54. The first-order valence-corrected chi connectivity index (χ1v) is 9.84. The molecule has 1 aromatic heterocycles. The van der Waals surface area contributed by atoms with Crippen LogP contribution in [0.15, 0.2) is 53.3 Å². The molecular weight excluding hydrogens is 382 g/mol. The molecule has 0 radical (unpaired) electrons. The number of benzene rings is 2. The van der Waals surface area contributed by atoms with E-state index >= 15 is 0 Å². The summed E-state index contributed by atoms with van der Waals surface area (Å²) in [7, 11) is 0.